The van der Waals surface area contributed by atoms with Crippen molar-refractivity contribution in [2.45, 2.75) is 19.9 Å². The van der Waals surface area contributed by atoms with E-state index in [9.17, 15) is 9.59 Å². The van der Waals surface area contributed by atoms with Gasteiger partial charge in [-0.2, -0.15) is 0 Å². The van der Waals surface area contributed by atoms with Gasteiger partial charge in [-0.25, -0.2) is 0 Å². The Morgan fingerprint density at radius 3 is 2.44 bits per heavy atom. The topological polar surface area (TPSA) is 84.0 Å². The number of carbonyl (C=O) groups excluding carboxylic acids is 2. The lowest BCUT2D eigenvalue weighted by atomic mass is 10.1. The number of benzene rings is 1. The fraction of sp³-hybridized carbons (Fsp3) is 0.143. The lowest BCUT2D eigenvalue weighted by Crippen LogP contribution is -2.24. The maximum atomic E-state index is 12.4. The number of hydrogen-bond donors (Lipinski definition) is 2. The second-order valence-electron chi connectivity index (χ2n) is 5.94. The number of aryl methyl sites for hydroxylation is 1. The molecule has 0 bridgehead atoms. The first-order valence-electron chi connectivity index (χ1n) is 8.70. The van der Waals surface area contributed by atoms with Gasteiger partial charge in [-0.05, 0) is 48.4 Å². The number of carbonyl (C=O) groups is 2. The summed E-state index contributed by atoms with van der Waals surface area (Å²) in [4.78, 5) is 32.9. The molecule has 0 unspecified atom stereocenters. The molecule has 3 rings (SSSR count). The molecule has 0 atom stereocenters. The fourth-order valence-corrected chi connectivity index (χ4v) is 2.49. The van der Waals surface area contributed by atoms with Crippen LogP contribution in [0.1, 0.15) is 39.0 Å². The third-order valence-corrected chi connectivity index (χ3v) is 4.03. The average molecular weight is 360 g/mol. The zero-order valence-electron chi connectivity index (χ0n) is 15.0. The van der Waals surface area contributed by atoms with Crippen LogP contribution in [0.2, 0.25) is 0 Å². The summed E-state index contributed by atoms with van der Waals surface area (Å²) in [5.41, 5.74) is 3.20. The minimum absolute atomic E-state index is 0.180. The molecule has 6 nitrogen and oxygen atoms in total. The monoisotopic (exact) mass is 360 g/mol. The number of hydrogen-bond acceptors (Lipinski definition) is 4. The van der Waals surface area contributed by atoms with Gasteiger partial charge in [0.2, 0.25) is 0 Å². The number of anilines is 1. The smallest absolute Gasteiger partial charge is 0.270 e. The summed E-state index contributed by atoms with van der Waals surface area (Å²) in [5, 5.41) is 5.57. The second kappa shape index (κ2) is 8.71. The second-order valence-corrected chi connectivity index (χ2v) is 5.94. The SMILES string of the molecule is CCc1ccc(NC(=O)c2ccnc(C(=O)NCc3ccccn3)c2)cc1. The highest BCUT2D eigenvalue weighted by Crippen LogP contribution is 2.12. The molecule has 0 spiro atoms. The van der Waals surface area contributed by atoms with Crippen molar-refractivity contribution in [2.24, 2.45) is 0 Å². The molecule has 2 heterocycles. The van der Waals surface area contributed by atoms with Crippen molar-refractivity contribution in [3.63, 3.8) is 0 Å². The zero-order chi connectivity index (χ0) is 19.1. The number of nitrogens with zero attached hydrogens (tertiary/aromatic N) is 2. The number of rotatable bonds is 6. The lowest BCUT2D eigenvalue weighted by Gasteiger charge is -2.08. The first-order valence-corrected chi connectivity index (χ1v) is 8.70. The Morgan fingerprint density at radius 2 is 1.74 bits per heavy atom. The van der Waals surface area contributed by atoms with Gasteiger partial charge >= 0.3 is 0 Å². The highest BCUT2D eigenvalue weighted by molar-refractivity contribution is 6.05. The maximum absolute atomic E-state index is 12.4. The van der Waals surface area contributed by atoms with Crippen LogP contribution in [0, 0.1) is 0 Å². The summed E-state index contributed by atoms with van der Waals surface area (Å²) in [6.07, 6.45) is 4.05. The molecule has 0 saturated heterocycles. The average Bonchev–Trinajstić information content (AvgIpc) is 2.73. The van der Waals surface area contributed by atoms with E-state index in [-0.39, 0.29) is 17.5 Å². The van der Waals surface area contributed by atoms with Gasteiger partial charge < -0.3 is 10.6 Å². The van der Waals surface area contributed by atoms with Crippen molar-refractivity contribution in [3.8, 4) is 0 Å². The third-order valence-electron chi connectivity index (χ3n) is 4.03. The molecule has 1 aromatic carbocycles. The molecule has 2 N–H and O–H groups in total. The van der Waals surface area contributed by atoms with Crippen LogP contribution in [0.5, 0.6) is 0 Å². The summed E-state index contributed by atoms with van der Waals surface area (Å²) in [7, 11) is 0. The van der Waals surface area contributed by atoms with Crippen LogP contribution >= 0.6 is 0 Å². The molecule has 27 heavy (non-hydrogen) atoms. The Kier molecular flexibility index (Phi) is 5.89. The third kappa shape index (κ3) is 4.98. The van der Waals surface area contributed by atoms with Crippen molar-refractivity contribution in [1.29, 1.82) is 0 Å². The van der Waals surface area contributed by atoms with Gasteiger partial charge in [0.05, 0.1) is 12.2 Å². The van der Waals surface area contributed by atoms with Crippen LogP contribution in [0.15, 0.2) is 67.0 Å². The molecule has 0 aliphatic rings. The van der Waals surface area contributed by atoms with E-state index in [1.807, 2.05) is 42.5 Å². The highest BCUT2D eigenvalue weighted by Gasteiger charge is 2.12. The van der Waals surface area contributed by atoms with Crippen LogP contribution < -0.4 is 10.6 Å². The van der Waals surface area contributed by atoms with Gasteiger partial charge in [0.25, 0.3) is 11.8 Å². The van der Waals surface area contributed by atoms with Gasteiger partial charge in [0.1, 0.15) is 5.69 Å². The van der Waals surface area contributed by atoms with Gasteiger partial charge in [0.15, 0.2) is 0 Å². The molecule has 6 heteroatoms. The Balaban J connectivity index is 1.64. The summed E-state index contributed by atoms with van der Waals surface area (Å²) in [6.45, 7) is 2.37. The summed E-state index contributed by atoms with van der Waals surface area (Å²) < 4.78 is 0. The van der Waals surface area contributed by atoms with Crippen LogP contribution in [0.4, 0.5) is 5.69 Å². The Labute approximate surface area is 157 Å². The predicted octanol–water partition coefficient (Wildman–Crippen LogP) is 3.22. The maximum Gasteiger partial charge on any atom is 0.270 e. The van der Waals surface area contributed by atoms with Gasteiger partial charge in [-0.3, -0.25) is 19.6 Å². The van der Waals surface area contributed by atoms with Gasteiger partial charge in [-0.15, -0.1) is 0 Å². The Morgan fingerprint density at radius 1 is 0.926 bits per heavy atom. The largest absolute Gasteiger partial charge is 0.345 e. The van der Waals surface area contributed by atoms with E-state index < -0.39 is 0 Å². The molecule has 2 amide bonds. The fourth-order valence-electron chi connectivity index (χ4n) is 2.49. The van der Waals surface area contributed by atoms with E-state index in [0.29, 0.717) is 17.8 Å². The molecule has 136 valence electrons. The summed E-state index contributed by atoms with van der Waals surface area (Å²) in [6, 6.07) is 16.2. The quantitative estimate of drug-likeness (QED) is 0.707. The molecule has 3 aromatic rings. The van der Waals surface area contributed by atoms with E-state index >= 15 is 0 Å². The Hall–Kier alpha value is -3.54. The molecular weight excluding hydrogens is 340 g/mol. The molecule has 0 fully saturated rings. The van der Waals surface area contributed by atoms with Crippen molar-refractivity contribution < 1.29 is 9.59 Å². The number of amides is 2. The molecule has 2 aromatic heterocycles. The van der Waals surface area contributed by atoms with E-state index in [1.54, 1.807) is 12.3 Å². The Bertz CT molecular complexity index is 924. The first-order chi connectivity index (χ1) is 13.2. The standard InChI is InChI=1S/C21H20N4O2/c1-2-15-6-8-17(9-7-15)25-20(26)16-10-12-23-19(13-16)21(27)24-14-18-5-3-4-11-22-18/h3-13H,2,14H2,1H3,(H,24,27)(H,25,26). The summed E-state index contributed by atoms with van der Waals surface area (Å²) in [5.74, 6) is -0.650. The predicted molar refractivity (Wildman–Crippen MR) is 103 cm³/mol. The lowest BCUT2D eigenvalue weighted by molar-refractivity contribution is 0.0945. The molecule has 0 saturated carbocycles. The van der Waals surface area contributed by atoms with Crippen molar-refractivity contribution in [2.75, 3.05) is 5.32 Å². The summed E-state index contributed by atoms with van der Waals surface area (Å²) >= 11 is 0. The van der Waals surface area contributed by atoms with Gasteiger partial charge in [-0.1, -0.05) is 25.1 Å². The van der Waals surface area contributed by atoms with E-state index in [4.69, 9.17) is 0 Å². The van der Waals surface area contributed by atoms with Crippen molar-refractivity contribution in [1.82, 2.24) is 15.3 Å². The van der Waals surface area contributed by atoms with Crippen LogP contribution in [-0.2, 0) is 13.0 Å². The number of aromatic nitrogens is 2. The van der Waals surface area contributed by atoms with Gasteiger partial charge in [0, 0.05) is 23.6 Å². The number of nitrogens with one attached hydrogen (secondary N) is 2. The van der Waals surface area contributed by atoms with E-state index in [0.717, 1.165) is 12.1 Å². The van der Waals surface area contributed by atoms with E-state index in [2.05, 4.69) is 27.5 Å². The normalized spacial score (nSPS) is 10.3. The molecular formula is C21H20N4O2. The van der Waals surface area contributed by atoms with Crippen LogP contribution in [0.3, 0.4) is 0 Å². The van der Waals surface area contributed by atoms with Crippen LogP contribution in [0.25, 0.3) is 0 Å². The molecule has 0 aliphatic carbocycles. The number of pyridine rings is 2. The highest BCUT2D eigenvalue weighted by atomic mass is 16.2. The molecule has 0 aliphatic heterocycles. The van der Waals surface area contributed by atoms with E-state index in [1.165, 1.54) is 17.8 Å². The van der Waals surface area contributed by atoms with Crippen molar-refractivity contribution >= 4 is 17.5 Å². The minimum Gasteiger partial charge on any atom is -0.345 e. The van der Waals surface area contributed by atoms with Crippen LogP contribution in [-0.4, -0.2) is 21.8 Å². The zero-order valence-corrected chi connectivity index (χ0v) is 15.0. The van der Waals surface area contributed by atoms with Crippen molar-refractivity contribution in [3.05, 3.63) is 89.5 Å². The minimum atomic E-state index is -0.359. The molecule has 0 radical (unpaired) electrons. The first kappa shape index (κ1) is 18.3.